The Balaban J connectivity index is 2.30. The van der Waals surface area contributed by atoms with Gasteiger partial charge in [-0.2, -0.15) is 0 Å². The zero-order chi connectivity index (χ0) is 12.3. The standard InChI is InChI=1S/C13H11ClN2O/c1-9(17)7-11-5-4-10(8-16-11)12-3-2-6-15-13(12)14/h2-6,8H,7H2,1H3. The van der Waals surface area contributed by atoms with Gasteiger partial charge in [0, 0.05) is 35.6 Å². The molecular formula is C13H11ClN2O. The van der Waals surface area contributed by atoms with Crippen LogP contribution in [0.15, 0.2) is 36.7 Å². The summed E-state index contributed by atoms with van der Waals surface area (Å²) in [5, 5.41) is 0.452. The minimum Gasteiger partial charge on any atom is -0.300 e. The number of carbonyl (C=O) groups is 1. The molecule has 0 aromatic carbocycles. The van der Waals surface area contributed by atoms with Crippen molar-refractivity contribution >= 4 is 17.4 Å². The van der Waals surface area contributed by atoms with Gasteiger partial charge in [-0.15, -0.1) is 0 Å². The summed E-state index contributed by atoms with van der Waals surface area (Å²) in [7, 11) is 0. The molecule has 2 heterocycles. The van der Waals surface area contributed by atoms with Crippen LogP contribution in [0.2, 0.25) is 5.15 Å². The lowest BCUT2D eigenvalue weighted by molar-refractivity contribution is -0.116. The highest BCUT2D eigenvalue weighted by Crippen LogP contribution is 2.24. The van der Waals surface area contributed by atoms with Crippen LogP contribution in [0.4, 0.5) is 0 Å². The highest BCUT2D eigenvalue weighted by Gasteiger charge is 2.05. The van der Waals surface area contributed by atoms with Crippen molar-refractivity contribution in [2.45, 2.75) is 13.3 Å². The van der Waals surface area contributed by atoms with E-state index in [9.17, 15) is 4.79 Å². The average Bonchev–Trinajstić information content (AvgIpc) is 2.30. The van der Waals surface area contributed by atoms with Gasteiger partial charge in [0.25, 0.3) is 0 Å². The fourth-order valence-electron chi connectivity index (χ4n) is 1.54. The number of pyridine rings is 2. The molecule has 0 saturated carbocycles. The van der Waals surface area contributed by atoms with Crippen molar-refractivity contribution in [3.05, 3.63) is 47.5 Å². The van der Waals surface area contributed by atoms with Crippen LogP contribution < -0.4 is 0 Å². The molecule has 86 valence electrons. The molecule has 2 aromatic heterocycles. The Morgan fingerprint density at radius 2 is 2.12 bits per heavy atom. The topological polar surface area (TPSA) is 42.9 Å². The lowest BCUT2D eigenvalue weighted by atomic mass is 10.1. The molecule has 0 N–H and O–H groups in total. The number of nitrogens with zero attached hydrogens (tertiary/aromatic N) is 2. The third kappa shape index (κ3) is 2.88. The van der Waals surface area contributed by atoms with Gasteiger partial charge in [0.15, 0.2) is 0 Å². The summed E-state index contributed by atoms with van der Waals surface area (Å²) < 4.78 is 0. The van der Waals surface area contributed by atoms with E-state index < -0.39 is 0 Å². The van der Waals surface area contributed by atoms with Crippen LogP contribution in [0.5, 0.6) is 0 Å². The summed E-state index contributed by atoms with van der Waals surface area (Å²) in [5.41, 5.74) is 2.51. The van der Waals surface area contributed by atoms with Crippen molar-refractivity contribution in [1.29, 1.82) is 0 Å². The maximum absolute atomic E-state index is 11.0. The Bertz CT molecular complexity index is 537. The highest BCUT2D eigenvalue weighted by atomic mass is 35.5. The van der Waals surface area contributed by atoms with Crippen molar-refractivity contribution in [3.8, 4) is 11.1 Å². The predicted molar refractivity (Wildman–Crippen MR) is 66.9 cm³/mol. The first-order valence-corrected chi connectivity index (χ1v) is 5.60. The van der Waals surface area contributed by atoms with Gasteiger partial charge in [-0.05, 0) is 25.1 Å². The van der Waals surface area contributed by atoms with E-state index in [1.165, 1.54) is 0 Å². The fourth-order valence-corrected chi connectivity index (χ4v) is 1.77. The van der Waals surface area contributed by atoms with Gasteiger partial charge in [-0.1, -0.05) is 17.7 Å². The minimum absolute atomic E-state index is 0.102. The quantitative estimate of drug-likeness (QED) is 0.782. The Kier molecular flexibility index (Phi) is 3.49. The molecule has 0 atom stereocenters. The summed E-state index contributed by atoms with van der Waals surface area (Å²) in [6.45, 7) is 1.55. The number of hydrogen-bond acceptors (Lipinski definition) is 3. The second kappa shape index (κ2) is 5.06. The number of hydrogen-bond donors (Lipinski definition) is 0. The van der Waals surface area contributed by atoms with E-state index in [-0.39, 0.29) is 5.78 Å². The van der Waals surface area contributed by atoms with Gasteiger partial charge in [0.05, 0.1) is 0 Å². The van der Waals surface area contributed by atoms with E-state index in [0.717, 1.165) is 16.8 Å². The van der Waals surface area contributed by atoms with Gasteiger partial charge in [-0.3, -0.25) is 9.78 Å². The van der Waals surface area contributed by atoms with E-state index in [1.807, 2.05) is 24.3 Å². The zero-order valence-corrected chi connectivity index (χ0v) is 10.1. The van der Waals surface area contributed by atoms with Crippen LogP contribution in [0.3, 0.4) is 0 Å². The summed E-state index contributed by atoms with van der Waals surface area (Å²) >= 11 is 5.99. The molecule has 0 fully saturated rings. The Hall–Kier alpha value is -1.74. The Morgan fingerprint density at radius 3 is 2.71 bits per heavy atom. The van der Waals surface area contributed by atoms with E-state index in [0.29, 0.717) is 11.6 Å². The molecular weight excluding hydrogens is 236 g/mol. The minimum atomic E-state index is 0.102. The zero-order valence-electron chi connectivity index (χ0n) is 9.35. The first kappa shape index (κ1) is 11.7. The largest absolute Gasteiger partial charge is 0.300 e. The molecule has 0 unspecified atom stereocenters. The van der Waals surface area contributed by atoms with E-state index in [2.05, 4.69) is 9.97 Å². The average molecular weight is 247 g/mol. The van der Waals surface area contributed by atoms with Crippen molar-refractivity contribution in [2.24, 2.45) is 0 Å². The number of halogens is 1. The molecule has 0 aliphatic carbocycles. The van der Waals surface area contributed by atoms with Gasteiger partial charge in [0.2, 0.25) is 0 Å². The van der Waals surface area contributed by atoms with Crippen molar-refractivity contribution in [3.63, 3.8) is 0 Å². The summed E-state index contributed by atoms with van der Waals surface area (Å²) in [6, 6.07) is 7.44. The Morgan fingerprint density at radius 1 is 1.29 bits per heavy atom. The first-order valence-electron chi connectivity index (χ1n) is 5.22. The van der Waals surface area contributed by atoms with Crippen molar-refractivity contribution in [1.82, 2.24) is 9.97 Å². The number of rotatable bonds is 3. The maximum atomic E-state index is 11.0. The molecule has 0 spiro atoms. The Labute approximate surface area is 104 Å². The van der Waals surface area contributed by atoms with Crippen LogP contribution in [-0.4, -0.2) is 15.8 Å². The molecule has 0 saturated heterocycles. The van der Waals surface area contributed by atoms with E-state index >= 15 is 0 Å². The second-order valence-corrected chi connectivity index (χ2v) is 4.12. The van der Waals surface area contributed by atoms with Crippen LogP contribution >= 0.6 is 11.6 Å². The van der Waals surface area contributed by atoms with Gasteiger partial charge in [-0.25, -0.2) is 4.98 Å². The number of carbonyl (C=O) groups excluding carboxylic acids is 1. The van der Waals surface area contributed by atoms with Crippen LogP contribution in [-0.2, 0) is 11.2 Å². The molecule has 0 amide bonds. The molecule has 0 radical (unpaired) electrons. The van der Waals surface area contributed by atoms with Gasteiger partial charge < -0.3 is 0 Å². The van der Waals surface area contributed by atoms with Crippen LogP contribution in [0.25, 0.3) is 11.1 Å². The molecule has 17 heavy (non-hydrogen) atoms. The predicted octanol–water partition coefficient (Wildman–Crippen LogP) is 2.93. The van der Waals surface area contributed by atoms with E-state index in [1.54, 1.807) is 19.3 Å². The first-order chi connectivity index (χ1) is 8.16. The van der Waals surface area contributed by atoms with Crippen molar-refractivity contribution < 1.29 is 4.79 Å². The number of aromatic nitrogens is 2. The number of ketones is 1. The summed E-state index contributed by atoms with van der Waals surface area (Å²) in [5.74, 6) is 0.102. The van der Waals surface area contributed by atoms with Gasteiger partial charge >= 0.3 is 0 Å². The molecule has 0 aliphatic rings. The highest BCUT2D eigenvalue weighted by molar-refractivity contribution is 6.32. The summed E-state index contributed by atoms with van der Waals surface area (Å²) in [6.07, 6.45) is 3.71. The molecule has 0 aliphatic heterocycles. The van der Waals surface area contributed by atoms with Gasteiger partial charge in [0.1, 0.15) is 10.9 Å². The smallest absolute Gasteiger partial charge is 0.136 e. The maximum Gasteiger partial charge on any atom is 0.136 e. The normalized spacial score (nSPS) is 10.2. The second-order valence-electron chi connectivity index (χ2n) is 3.76. The molecule has 2 rings (SSSR count). The van der Waals surface area contributed by atoms with Crippen LogP contribution in [0.1, 0.15) is 12.6 Å². The number of Topliss-reactive ketones (excluding diaryl/α,β-unsaturated/α-hetero) is 1. The molecule has 4 heteroatoms. The van der Waals surface area contributed by atoms with Crippen molar-refractivity contribution in [2.75, 3.05) is 0 Å². The van der Waals surface area contributed by atoms with Crippen LogP contribution in [0, 0.1) is 0 Å². The third-order valence-corrected chi connectivity index (χ3v) is 2.63. The lowest BCUT2D eigenvalue weighted by Crippen LogP contribution is -1.98. The lowest BCUT2D eigenvalue weighted by Gasteiger charge is -2.03. The third-order valence-electron chi connectivity index (χ3n) is 2.32. The van der Waals surface area contributed by atoms with E-state index in [4.69, 9.17) is 11.6 Å². The molecule has 3 nitrogen and oxygen atoms in total. The fraction of sp³-hybridized carbons (Fsp3) is 0.154. The molecule has 2 aromatic rings. The summed E-state index contributed by atoms with van der Waals surface area (Å²) in [4.78, 5) is 19.2. The molecule has 0 bridgehead atoms. The monoisotopic (exact) mass is 246 g/mol. The SMILES string of the molecule is CC(=O)Cc1ccc(-c2cccnc2Cl)cn1.